The summed E-state index contributed by atoms with van der Waals surface area (Å²) in [7, 11) is 0. The van der Waals surface area contributed by atoms with Gasteiger partial charge in [0.05, 0.1) is 13.2 Å². The predicted molar refractivity (Wildman–Crippen MR) is 88.0 cm³/mol. The molecular formula is C16H30N4O3. The third-order valence-corrected chi connectivity index (χ3v) is 4.86. The van der Waals surface area contributed by atoms with Gasteiger partial charge in [0.25, 0.3) is 0 Å². The van der Waals surface area contributed by atoms with E-state index in [4.69, 9.17) is 10.5 Å². The topological polar surface area (TPSA) is 87.9 Å². The fourth-order valence-electron chi connectivity index (χ4n) is 3.57. The highest BCUT2D eigenvalue weighted by atomic mass is 16.5. The molecule has 2 fully saturated rings. The van der Waals surface area contributed by atoms with Gasteiger partial charge in [0.1, 0.15) is 6.04 Å². The maximum Gasteiger partial charge on any atom is 0.312 e. The number of hydrogen-bond donors (Lipinski definition) is 2. The van der Waals surface area contributed by atoms with Crippen molar-refractivity contribution < 1.29 is 14.3 Å². The van der Waals surface area contributed by atoms with Crippen LogP contribution in [0, 0.1) is 5.92 Å². The molecule has 2 heterocycles. The SMILES string of the molecule is CCCC[C@H](NC(N)=O)C(=O)N1C[C@@H](N2CCOCC2)[C@@H](C)C1. The summed E-state index contributed by atoms with van der Waals surface area (Å²) < 4.78 is 5.41. The van der Waals surface area contributed by atoms with Crippen LogP contribution in [0.25, 0.3) is 0 Å². The first-order valence-electron chi connectivity index (χ1n) is 8.69. The average Bonchev–Trinajstić information content (AvgIpc) is 2.93. The number of likely N-dealkylation sites (tertiary alicyclic amines) is 1. The number of carbonyl (C=O) groups is 2. The summed E-state index contributed by atoms with van der Waals surface area (Å²) in [6.07, 6.45) is 2.52. The van der Waals surface area contributed by atoms with Gasteiger partial charge in [0.15, 0.2) is 0 Å². The first kappa shape index (κ1) is 18.0. The molecule has 0 spiro atoms. The fourth-order valence-corrected chi connectivity index (χ4v) is 3.57. The molecule has 0 radical (unpaired) electrons. The third-order valence-electron chi connectivity index (χ3n) is 4.86. The summed E-state index contributed by atoms with van der Waals surface area (Å²) in [5, 5.41) is 2.61. The summed E-state index contributed by atoms with van der Waals surface area (Å²) in [6.45, 7) is 9.10. The number of unbranched alkanes of at least 4 members (excludes halogenated alkanes) is 1. The fraction of sp³-hybridized carbons (Fsp3) is 0.875. The van der Waals surface area contributed by atoms with Crippen LogP contribution in [0.1, 0.15) is 33.1 Å². The Morgan fingerprint density at radius 3 is 2.61 bits per heavy atom. The van der Waals surface area contributed by atoms with Gasteiger partial charge in [-0.1, -0.05) is 26.7 Å². The zero-order valence-corrected chi connectivity index (χ0v) is 14.3. The van der Waals surface area contributed by atoms with Crippen molar-refractivity contribution in [3.8, 4) is 0 Å². The van der Waals surface area contributed by atoms with E-state index in [1.54, 1.807) is 0 Å². The Morgan fingerprint density at radius 1 is 1.30 bits per heavy atom. The number of amides is 3. The van der Waals surface area contributed by atoms with Crippen molar-refractivity contribution in [2.24, 2.45) is 11.7 Å². The molecule has 7 heteroatoms. The zero-order chi connectivity index (χ0) is 16.8. The lowest BCUT2D eigenvalue weighted by Gasteiger charge is -2.34. The molecule has 2 aliphatic rings. The normalized spacial score (nSPS) is 27.0. The van der Waals surface area contributed by atoms with Crippen LogP contribution in [0.15, 0.2) is 0 Å². The van der Waals surface area contributed by atoms with Gasteiger partial charge >= 0.3 is 6.03 Å². The van der Waals surface area contributed by atoms with Crippen LogP contribution in [0.3, 0.4) is 0 Å². The number of hydrogen-bond acceptors (Lipinski definition) is 4. The lowest BCUT2D eigenvalue weighted by molar-refractivity contribution is -0.132. The smallest absolute Gasteiger partial charge is 0.312 e. The standard InChI is InChI=1S/C16H30N4O3/c1-3-4-5-13(18-16(17)22)15(21)20-10-12(2)14(11-20)19-6-8-23-9-7-19/h12-14H,3-11H2,1-2H3,(H3,17,18,22)/t12-,13-,14+/m0/s1. The van der Waals surface area contributed by atoms with Crippen LogP contribution in [-0.4, -0.2) is 73.2 Å². The number of urea groups is 1. The van der Waals surface area contributed by atoms with Crippen molar-refractivity contribution in [3.05, 3.63) is 0 Å². The van der Waals surface area contributed by atoms with Crippen molar-refractivity contribution in [1.29, 1.82) is 0 Å². The minimum Gasteiger partial charge on any atom is -0.379 e. The van der Waals surface area contributed by atoms with E-state index in [0.29, 0.717) is 18.4 Å². The van der Waals surface area contributed by atoms with Crippen molar-refractivity contribution in [2.75, 3.05) is 39.4 Å². The van der Waals surface area contributed by atoms with Crippen LogP contribution >= 0.6 is 0 Å². The van der Waals surface area contributed by atoms with Crippen molar-refractivity contribution in [2.45, 2.75) is 45.2 Å². The minimum atomic E-state index is -0.628. The van der Waals surface area contributed by atoms with Crippen LogP contribution in [0.5, 0.6) is 0 Å². The number of rotatable bonds is 6. The highest BCUT2D eigenvalue weighted by molar-refractivity contribution is 5.86. The zero-order valence-electron chi connectivity index (χ0n) is 14.3. The molecule has 0 aromatic rings. The van der Waals surface area contributed by atoms with E-state index >= 15 is 0 Å². The van der Waals surface area contributed by atoms with Crippen molar-refractivity contribution in [3.63, 3.8) is 0 Å². The molecule has 3 amide bonds. The molecule has 3 atom stereocenters. The van der Waals surface area contributed by atoms with E-state index in [1.165, 1.54) is 0 Å². The number of morpholine rings is 1. The highest BCUT2D eigenvalue weighted by Gasteiger charge is 2.38. The highest BCUT2D eigenvalue weighted by Crippen LogP contribution is 2.23. The van der Waals surface area contributed by atoms with Gasteiger partial charge in [-0.3, -0.25) is 9.69 Å². The second-order valence-electron chi connectivity index (χ2n) is 6.64. The number of primary amides is 1. The monoisotopic (exact) mass is 326 g/mol. The summed E-state index contributed by atoms with van der Waals surface area (Å²) in [6, 6.07) is -0.747. The van der Waals surface area contributed by atoms with Gasteiger partial charge < -0.3 is 20.7 Å². The predicted octanol–water partition coefficient (Wildman–Crippen LogP) is 0.393. The summed E-state index contributed by atoms with van der Waals surface area (Å²) in [4.78, 5) is 28.3. The Bertz CT molecular complexity index is 412. The van der Waals surface area contributed by atoms with E-state index in [9.17, 15) is 9.59 Å². The molecule has 132 valence electrons. The van der Waals surface area contributed by atoms with Gasteiger partial charge in [0, 0.05) is 32.2 Å². The summed E-state index contributed by atoms with van der Waals surface area (Å²) in [5.41, 5.74) is 5.23. The third kappa shape index (κ3) is 4.81. The van der Waals surface area contributed by atoms with Crippen molar-refractivity contribution >= 4 is 11.9 Å². The lowest BCUT2D eigenvalue weighted by atomic mass is 10.0. The Balaban J connectivity index is 1.96. The Kier molecular flexibility index (Phi) is 6.65. The van der Waals surface area contributed by atoms with E-state index in [2.05, 4.69) is 24.1 Å². The van der Waals surface area contributed by atoms with E-state index in [-0.39, 0.29) is 5.91 Å². The average molecular weight is 326 g/mol. The molecule has 2 aliphatic heterocycles. The Hall–Kier alpha value is -1.34. The van der Waals surface area contributed by atoms with Gasteiger partial charge in [-0.25, -0.2) is 4.79 Å². The van der Waals surface area contributed by atoms with Gasteiger partial charge in [-0.2, -0.15) is 0 Å². The molecule has 7 nitrogen and oxygen atoms in total. The van der Waals surface area contributed by atoms with E-state index in [0.717, 1.165) is 52.2 Å². The van der Waals surface area contributed by atoms with Crippen LogP contribution in [0.2, 0.25) is 0 Å². The largest absolute Gasteiger partial charge is 0.379 e. The molecule has 0 aromatic heterocycles. The van der Waals surface area contributed by atoms with Crippen LogP contribution in [0.4, 0.5) is 4.79 Å². The molecule has 0 unspecified atom stereocenters. The maximum absolute atomic E-state index is 12.8. The Labute approximate surface area is 138 Å². The van der Waals surface area contributed by atoms with Crippen LogP contribution in [-0.2, 0) is 9.53 Å². The van der Waals surface area contributed by atoms with E-state index < -0.39 is 12.1 Å². The van der Waals surface area contributed by atoms with Gasteiger partial charge in [-0.05, 0) is 12.3 Å². The molecule has 3 N–H and O–H groups in total. The first-order valence-corrected chi connectivity index (χ1v) is 8.69. The molecule has 23 heavy (non-hydrogen) atoms. The van der Waals surface area contributed by atoms with Gasteiger partial charge in [-0.15, -0.1) is 0 Å². The molecule has 0 saturated carbocycles. The second kappa shape index (κ2) is 8.49. The number of nitrogens with two attached hydrogens (primary N) is 1. The second-order valence-corrected chi connectivity index (χ2v) is 6.64. The number of carbonyl (C=O) groups excluding carboxylic acids is 2. The van der Waals surface area contributed by atoms with Crippen LogP contribution < -0.4 is 11.1 Å². The maximum atomic E-state index is 12.8. The first-order chi connectivity index (χ1) is 11.0. The molecule has 0 aromatic carbocycles. The summed E-state index contributed by atoms with van der Waals surface area (Å²) >= 11 is 0. The molecule has 0 aliphatic carbocycles. The molecule has 2 saturated heterocycles. The molecular weight excluding hydrogens is 296 g/mol. The number of nitrogens with one attached hydrogen (secondary N) is 1. The molecule has 0 bridgehead atoms. The lowest BCUT2D eigenvalue weighted by Crippen LogP contribution is -2.51. The summed E-state index contributed by atoms with van der Waals surface area (Å²) in [5.74, 6) is 0.428. The quantitative estimate of drug-likeness (QED) is 0.739. The van der Waals surface area contributed by atoms with Crippen molar-refractivity contribution in [1.82, 2.24) is 15.1 Å². The number of nitrogens with zero attached hydrogens (tertiary/aromatic N) is 2. The number of ether oxygens (including phenoxy) is 1. The minimum absolute atomic E-state index is 0.000130. The van der Waals surface area contributed by atoms with E-state index in [1.807, 2.05) is 4.90 Å². The van der Waals surface area contributed by atoms with Gasteiger partial charge in [0.2, 0.25) is 5.91 Å². The Morgan fingerprint density at radius 2 is 2.00 bits per heavy atom. The molecule has 2 rings (SSSR count).